The van der Waals surface area contributed by atoms with Gasteiger partial charge in [-0.25, -0.2) is 14.5 Å². The Bertz CT molecular complexity index is 654. The number of hydrogen-bond donors (Lipinski definition) is 1. The fourth-order valence-electron chi connectivity index (χ4n) is 1.69. The second kappa shape index (κ2) is 5.08. The number of nitrogens with zero attached hydrogens (tertiary/aromatic N) is 5. The highest BCUT2D eigenvalue weighted by molar-refractivity contribution is 7.99. The first kappa shape index (κ1) is 12.9. The van der Waals surface area contributed by atoms with Crippen molar-refractivity contribution in [3.05, 3.63) is 17.8 Å². The zero-order valence-corrected chi connectivity index (χ0v) is 11.5. The Kier molecular flexibility index (Phi) is 3.26. The molecule has 0 bridgehead atoms. The summed E-state index contributed by atoms with van der Waals surface area (Å²) in [4.78, 5) is 15.9. The number of methoxy groups -OCH3 is 1. The lowest BCUT2D eigenvalue weighted by Crippen LogP contribution is -2.06. The molecule has 1 saturated carbocycles. The van der Waals surface area contributed by atoms with E-state index < -0.39 is 5.97 Å². The van der Waals surface area contributed by atoms with Crippen LogP contribution in [0.2, 0.25) is 0 Å². The molecule has 0 spiro atoms. The predicted octanol–water partition coefficient (Wildman–Crippen LogP) is 0.923. The molecule has 1 aliphatic rings. The topological polar surface area (TPSA) is 109 Å². The second-order valence-corrected chi connectivity index (χ2v) is 5.31. The number of nitrogens with two attached hydrogens (primary N) is 1. The molecule has 0 amide bonds. The van der Waals surface area contributed by atoms with Crippen molar-refractivity contribution in [3.63, 3.8) is 0 Å². The summed E-state index contributed by atoms with van der Waals surface area (Å²) in [5.74, 6) is -0.488. The van der Waals surface area contributed by atoms with Gasteiger partial charge >= 0.3 is 5.97 Å². The van der Waals surface area contributed by atoms with E-state index in [2.05, 4.69) is 20.5 Å². The van der Waals surface area contributed by atoms with E-state index in [0.29, 0.717) is 27.5 Å². The van der Waals surface area contributed by atoms with E-state index in [0.717, 1.165) is 12.8 Å². The Balaban J connectivity index is 1.93. The Hall–Kier alpha value is -2.16. The maximum absolute atomic E-state index is 11.8. The Morgan fingerprint density at radius 3 is 3.05 bits per heavy atom. The molecule has 2 aromatic rings. The van der Waals surface area contributed by atoms with Crippen molar-refractivity contribution < 1.29 is 9.53 Å². The molecule has 20 heavy (non-hydrogen) atoms. The number of anilines is 1. The first-order valence-corrected chi connectivity index (χ1v) is 6.80. The van der Waals surface area contributed by atoms with E-state index in [-0.39, 0.29) is 0 Å². The maximum atomic E-state index is 11.8. The quantitative estimate of drug-likeness (QED) is 0.829. The van der Waals surface area contributed by atoms with Crippen molar-refractivity contribution in [1.82, 2.24) is 25.2 Å². The fourth-order valence-corrected chi connectivity index (χ4v) is 2.58. The van der Waals surface area contributed by atoms with Crippen LogP contribution in [0.3, 0.4) is 0 Å². The van der Waals surface area contributed by atoms with Crippen LogP contribution in [0.4, 0.5) is 5.69 Å². The number of ether oxygens (including phenoxy) is 1. The third-order valence-electron chi connectivity index (χ3n) is 2.82. The van der Waals surface area contributed by atoms with Crippen molar-refractivity contribution in [2.45, 2.75) is 29.1 Å². The van der Waals surface area contributed by atoms with Gasteiger partial charge in [-0.05, 0) is 41.1 Å². The summed E-state index contributed by atoms with van der Waals surface area (Å²) in [6, 6.07) is 1.88. The minimum atomic E-state index is -0.488. The molecule has 8 nitrogen and oxygen atoms in total. The van der Waals surface area contributed by atoms with Crippen LogP contribution in [0.5, 0.6) is 0 Å². The minimum Gasteiger partial charge on any atom is -0.465 e. The summed E-state index contributed by atoms with van der Waals surface area (Å²) in [6.07, 6.45) is 3.62. The van der Waals surface area contributed by atoms with E-state index in [1.165, 1.54) is 31.1 Å². The van der Waals surface area contributed by atoms with E-state index in [4.69, 9.17) is 10.5 Å². The second-order valence-electron chi connectivity index (χ2n) is 4.35. The molecule has 2 aromatic heterocycles. The Morgan fingerprint density at radius 1 is 1.55 bits per heavy atom. The summed E-state index contributed by atoms with van der Waals surface area (Å²) in [7, 11) is 1.31. The van der Waals surface area contributed by atoms with E-state index in [9.17, 15) is 4.79 Å². The molecule has 104 valence electrons. The zero-order valence-electron chi connectivity index (χ0n) is 10.7. The molecule has 0 unspecified atom stereocenters. The lowest BCUT2D eigenvalue weighted by molar-refractivity contribution is 0.0596. The van der Waals surface area contributed by atoms with E-state index in [1.54, 1.807) is 4.68 Å². The number of esters is 1. The van der Waals surface area contributed by atoms with E-state index in [1.807, 2.05) is 0 Å². The van der Waals surface area contributed by atoms with Gasteiger partial charge in [0.1, 0.15) is 5.03 Å². The van der Waals surface area contributed by atoms with Gasteiger partial charge < -0.3 is 10.5 Å². The van der Waals surface area contributed by atoms with Gasteiger partial charge in [0.05, 0.1) is 30.6 Å². The van der Waals surface area contributed by atoms with Gasteiger partial charge in [-0.15, -0.1) is 5.10 Å². The largest absolute Gasteiger partial charge is 0.465 e. The van der Waals surface area contributed by atoms with Crippen LogP contribution in [0.25, 0.3) is 0 Å². The summed E-state index contributed by atoms with van der Waals surface area (Å²) < 4.78 is 6.49. The Labute approximate surface area is 118 Å². The molecule has 0 saturated heterocycles. The molecule has 0 radical (unpaired) electrons. The molecule has 2 heterocycles. The summed E-state index contributed by atoms with van der Waals surface area (Å²) in [5.41, 5.74) is 6.36. The number of aromatic nitrogens is 5. The van der Waals surface area contributed by atoms with Crippen LogP contribution in [-0.4, -0.2) is 38.3 Å². The molecular formula is C11H12N6O2S. The maximum Gasteiger partial charge on any atom is 0.340 e. The van der Waals surface area contributed by atoms with Gasteiger partial charge in [0, 0.05) is 0 Å². The third-order valence-corrected chi connectivity index (χ3v) is 3.79. The standard InChI is InChI=1S/C11H12N6O2S/c1-19-10(18)8-4-6(12)5-13-9(8)20-11-14-15-16-17(11)7-2-3-7/h4-5,7H,2-3,12H2,1H3. The summed E-state index contributed by atoms with van der Waals surface area (Å²) in [6.45, 7) is 0. The molecule has 3 rings (SSSR count). The number of pyridine rings is 1. The van der Waals surface area contributed by atoms with Crippen LogP contribution < -0.4 is 5.73 Å². The first-order valence-electron chi connectivity index (χ1n) is 5.98. The van der Waals surface area contributed by atoms with Crippen molar-refractivity contribution in [1.29, 1.82) is 0 Å². The van der Waals surface area contributed by atoms with Crippen molar-refractivity contribution >= 4 is 23.4 Å². The molecule has 0 aromatic carbocycles. The molecule has 2 N–H and O–H groups in total. The highest BCUT2D eigenvalue weighted by Gasteiger charge is 2.29. The van der Waals surface area contributed by atoms with Gasteiger partial charge in [0.15, 0.2) is 0 Å². The average Bonchev–Trinajstić information content (AvgIpc) is 3.20. The van der Waals surface area contributed by atoms with Crippen LogP contribution in [-0.2, 0) is 4.74 Å². The average molecular weight is 292 g/mol. The number of carbonyl (C=O) groups is 1. The predicted molar refractivity (Wildman–Crippen MR) is 70.2 cm³/mol. The molecule has 1 aliphatic carbocycles. The highest BCUT2D eigenvalue weighted by Crippen LogP contribution is 2.38. The van der Waals surface area contributed by atoms with Gasteiger partial charge in [-0.3, -0.25) is 0 Å². The highest BCUT2D eigenvalue weighted by atomic mass is 32.2. The summed E-state index contributed by atoms with van der Waals surface area (Å²) >= 11 is 1.23. The van der Waals surface area contributed by atoms with Crippen molar-refractivity contribution in [3.8, 4) is 0 Å². The Morgan fingerprint density at radius 2 is 2.35 bits per heavy atom. The van der Waals surface area contributed by atoms with Crippen LogP contribution in [0, 0.1) is 0 Å². The number of rotatable bonds is 4. The minimum absolute atomic E-state index is 0.308. The lowest BCUT2D eigenvalue weighted by Gasteiger charge is -2.07. The molecule has 0 atom stereocenters. The molecule has 1 fully saturated rings. The monoisotopic (exact) mass is 292 g/mol. The van der Waals surface area contributed by atoms with Crippen LogP contribution in [0.1, 0.15) is 29.2 Å². The molecule has 0 aliphatic heterocycles. The van der Waals surface area contributed by atoms with Crippen molar-refractivity contribution in [2.24, 2.45) is 0 Å². The number of nitrogen functional groups attached to an aromatic ring is 1. The van der Waals surface area contributed by atoms with Gasteiger partial charge in [0.2, 0.25) is 5.16 Å². The van der Waals surface area contributed by atoms with E-state index >= 15 is 0 Å². The zero-order chi connectivity index (χ0) is 14.1. The lowest BCUT2D eigenvalue weighted by atomic mass is 10.3. The van der Waals surface area contributed by atoms with Crippen LogP contribution >= 0.6 is 11.8 Å². The van der Waals surface area contributed by atoms with Crippen molar-refractivity contribution in [2.75, 3.05) is 12.8 Å². The van der Waals surface area contributed by atoms with Crippen LogP contribution in [0.15, 0.2) is 22.4 Å². The normalized spacial score (nSPS) is 14.2. The van der Waals surface area contributed by atoms with Gasteiger partial charge in [-0.1, -0.05) is 0 Å². The third kappa shape index (κ3) is 2.44. The summed E-state index contributed by atoms with van der Waals surface area (Å²) in [5, 5.41) is 12.7. The fraction of sp³-hybridized carbons (Fsp3) is 0.364. The molecular weight excluding hydrogens is 280 g/mol. The number of hydrogen-bond acceptors (Lipinski definition) is 8. The number of carbonyl (C=O) groups excluding carboxylic acids is 1. The SMILES string of the molecule is COC(=O)c1cc(N)cnc1Sc1nnnn1C1CC1. The van der Waals surface area contributed by atoms with Gasteiger partial charge in [0.25, 0.3) is 0 Å². The first-order chi connectivity index (χ1) is 9.69. The van der Waals surface area contributed by atoms with Gasteiger partial charge in [-0.2, -0.15) is 0 Å². The molecule has 9 heteroatoms. The number of tetrazole rings is 1. The smallest absolute Gasteiger partial charge is 0.340 e.